The highest BCUT2D eigenvalue weighted by molar-refractivity contribution is 5.89. The van der Waals surface area contributed by atoms with Crippen molar-refractivity contribution in [3.05, 3.63) is 35.1 Å². The Morgan fingerprint density at radius 2 is 2.13 bits per heavy atom. The van der Waals surface area contributed by atoms with Gasteiger partial charge in [-0.3, -0.25) is 0 Å². The molecular formula is C11H14FNO2. The minimum atomic E-state index is -0.645. The molecule has 3 nitrogen and oxygen atoms in total. The van der Waals surface area contributed by atoms with Gasteiger partial charge in [0.15, 0.2) is 0 Å². The summed E-state index contributed by atoms with van der Waals surface area (Å²) in [6.07, 6.45) is 0. The van der Waals surface area contributed by atoms with Crippen molar-refractivity contribution in [1.29, 1.82) is 0 Å². The summed E-state index contributed by atoms with van der Waals surface area (Å²) >= 11 is 0. The van der Waals surface area contributed by atoms with E-state index in [2.05, 4.69) is 4.74 Å². The number of benzene rings is 1. The van der Waals surface area contributed by atoms with Crippen molar-refractivity contribution in [2.24, 2.45) is 0 Å². The highest BCUT2D eigenvalue weighted by Crippen LogP contribution is 2.14. The fraction of sp³-hybridized carbons (Fsp3) is 0.364. The molecule has 1 aromatic rings. The lowest BCUT2D eigenvalue weighted by Gasteiger charge is -2.11. The zero-order chi connectivity index (χ0) is 11.4. The third kappa shape index (κ3) is 2.76. The average Bonchev–Trinajstić information content (AvgIpc) is 2.19. The Morgan fingerprint density at radius 3 is 2.67 bits per heavy atom. The maximum absolute atomic E-state index is 13.7. The molecule has 0 radical (unpaired) electrons. The van der Waals surface area contributed by atoms with Crippen molar-refractivity contribution < 1.29 is 13.9 Å². The Morgan fingerprint density at radius 1 is 1.47 bits per heavy atom. The number of ether oxygens (including phenoxy) is 1. The van der Waals surface area contributed by atoms with E-state index in [1.54, 1.807) is 12.1 Å². The van der Waals surface area contributed by atoms with E-state index < -0.39 is 11.8 Å². The Kier molecular flexibility index (Phi) is 3.80. The molecule has 0 aliphatic carbocycles. The van der Waals surface area contributed by atoms with E-state index in [1.807, 2.05) is 19.0 Å². The maximum Gasteiger partial charge on any atom is 0.340 e. The molecule has 82 valence electrons. The van der Waals surface area contributed by atoms with Crippen LogP contribution in [0.25, 0.3) is 0 Å². The molecule has 1 aromatic carbocycles. The molecule has 0 saturated heterocycles. The summed E-state index contributed by atoms with van der Waals surface area (Å²) in [7, 11) is 4.91. The van der Waals surface area contributed by atoms with Crippen molar-refractivity contribution in [3.8, 4) is 0 Å². The van der Waals surface area contributed by atoms with Gasteiger partial charge in [0, 0.05) is 12.1 Å². The van der Waals surface area contributed by atoms with Crippen LogP contribution in [0, 0.1) is 5.82 Å². The topological polar surface area (TPSA) is 29.5 Å². The summed E-state index contributed by atoms with van der Waals surface area (Å²) < 4.78 is 18.2. The van der Waals surface area contributed by atoms with E-state index in [4.69, 9.17) is 0 Å². The number of carbonyl (C=O) groups is 1. The van der Waals surface area contributed by atoms with Gasteiger partial charge in [-0.25, -0.2) is 9.18 Å². The molecule has 0 N–H and O–H groups in total. The first-order chi connectivity index (χ1) is 7.06. The summed E-state index contributed by atoms with van der Waals surface area (Å²) in [4.78, 5) is 13.0. The largest absolute Gasteiger partial charge is 0.465 e. The van der Waals surface area contributed by atoms with Gasteiger partial charge < -0.3 is 9.64 Å². The minimum absolute atomic E-state index is 0.0168. The zero-order valence-electron chi connectivity index (χ0n) is 9.08. The molecule has 0 amide bonds. The van der Waals surface area contributed by atoms with Gasteiger partial charge in [0.2, 0.25) is 0 Å². The van der Waals surface area contributed by atoms with Crippen LogP contribution in [-0.4, -0.2) is 32.1 Å². The molecule has 0 aliphatic heterocycles. The summed E-state index contributed by atoms with van der Waals surface area (Å²) in [5.74, 6) is -1.15. The molecule has 0 spiro atoms. The van der Waals surface area contributed by atoms with Crippen LogP contribution in [0.4, 0.5) is 4.39 Å². The quantitative estimate of drug-likeness (QED) is 0.712. The Balaban J connectivity index is 3.05. The van der Waals surface area contributed by atoms with Gasteiger partial charge >= 0.3 is 5.97 Å². The van der Waals surface area contributed by atoms with Crippen molar-refractivity contribution >= 4 is 5.97 Å². The van der Waals surface area contributed by atoms with Gasteiger partial charge in [0.1, 0.15) is 5.82 Å². The molecule has 0 aliphatic rings. The number of hydrogen-bond donors (Lipinski definition) is 0. The summed E-state index contributed by atoms with van der Waals surface area (Å²) in [6, 6.07) is 4.72. The first kappa shape index (κ1) is 11.7. The second-order valence-electron chi connectivity index (χ2n) is 3.51. The fourth-order valence-electron chi connectivity index (χ4n) is 1.31. The fourth-order valence-corrected chi connectivity index (χ4v) is 1.31. The lowest BCUT2D eigenvalue weighted by Crippen LogP contribution is -2.14. The van der Waals surface area contributed by atoms with Crippen LogP contribution in [0.5, 0.6) is 0 Å². The van der Waals surface area contributed by atoms with Gasteiger partial charge in [-0.2, -0.15) is 0 Å². The molecule has 0 aromatic heterocycles. The van der Waals surface area contributed by atoms with Gasteiger partial charge in [-0.15, -0.1) is 0 Å². The van der Waals surface area contributed by atoms with Crippen LogP contribution in [0.1, 0.15) is 15.9 Å². The van der Waals surface area contributed by atoms with E-state index in [1.165, 1.54) is 13.2 Å². The smallest absolute Gasteiger partial charge is 0.340 e. The van der Waals surface area contributed by atoms with Crippen LogP contribution < -0.4 is 0 Å². The third-order valence-corrected chi connectivity index (χ3v) is 1.97. The molecule has 0 unspecified atom stereocenters. The molecule has 0 atom stereocenters. The first-order valence-corrected chi connectivity index (χ1v) is 4.56. The van der Waals surface area contributed by atoms with Gasteiger partial charge in [-0.1, -0.05) is 12.1 Å². The third-order valence-electron chi connectivity index (χ3n) is 1.97. The molecule has 0 heterocycles. The van der Waals surface area contributed by atoms with Crippen LogP contribution in [-0.2, 0) is 11.3 Å². The number of esters is 1. The molecule has 15 heavy (non-hydrogen) atoms. The van der Waals surface area contributed by atoms with Crippen molar-refractivity contribution in [2.75, 3.05) is 21.2 Å². The van der Waals surface area contributed by atoms with E-state index in [9.17, 15) is 9.18 Å². The van der Waals surface area contributed by atoms with Crippen LogP contribution in [0.15, 0.2) is 18.2 Å². The second-order valence-corrected chi connectivity index (χ2v) is 3.51. The van der Waals surface area contributed by atoms with Crippen molar-refractivity contribution in [2.45, 2.75) is 6.54 Å². The van der Waals surface area contributed by atoms with E-state index >= 15 is 0 Å². The molecule has 0 fully saturated rings. The number of rotatable bonds is 3. The lowest BCUT2D eigenvalue weighted by atomic mass is 10.1. The lowest BCUT2D eigenvalue weighted by molar-refractivity contribution is 0.0595. The highest BCUT2D eigenvalue weighted by Gasteiger charge is 2.15. The van der Waals surface area contributed by atoms with Crippen LogP contribution in [0.2, 0.25) is 0 Å². The number of carbonyl (C=O) groups excluding carboxylic acids is 1. The normalized spacial score (nSPS) is 10.5. The second kappa shape index (κ2) is 4.89. The SMILES string of the molecule is COC(=O)c1cccc(CN(C)C)c1F. The number of nitrogens with zero attached hydrogens (tertiary/aromatic N) is 1. The average molecular weight is 211 g/mol. The maximum atomic E-state index is 13.7. The zero-order valence-corrected chi connectivity index (χ0v) is 9.08. The predicted molar refractivity (Wildman–Crippen MR) is 55.1 cm³/mol. The number of halogens is 1. The molecular weight excluding hydrogens is 197 g/mol. The van der Waals surface area contributed by atoms with E-state index in [-0.39, 0.29) is 5.56 Å². The Bertz CT molecular complexity index is 364. The summed E-state index contributed by atoms with van der Waals surface area (Å²) in [6.45, 7) is 0.455. The summed E-state index contributed by atoms with van der Waals surface area (Å²) in [5, 5.41) is 0. The van der Waals surface area contributed by atoms with Gasteiger partial charge in [0.05, 0.1) is 12.7 Å². The molecule has 4 heteroatoms. The predicted octanol–water partition coefficient (Wildman–Crippen LogP) is 1.67. The molecule has 1 rings (SSSR count). The molecule has 0 saturated carbocycles. The Hall–Kier alpha value is -1.42. The highest BCUT2D eigenvalue weighted by atomic mass is 19.1. The van der Waals surface area contributed by atoms with E-state index in [0.29, 0.717) is 12.1 Å². The molecule has 0 bridgehead atoms. The summed E-state index contributed by atoms with van der Waals surface area (Å²) in [5.41, 5.74) is 0.472. The first-order valence-electron chi connectivity index (χ1n) is 4.56. The number of hydrogen-bond acceptors (Lipinski definition) is 3. The van der Waals surface area contributed by atoms with Crippen LogP contribution >= 0.6 is 0 Å². The standard InChI is InChI=1S/C11H14FNO2/c1-13(2)7-8-5-4-6-9(10(8)12)11(14)15-3/h4-6H,7H2,1-3H3. The van der Waals surface area contributed by atoms with Gasteiger partial charge in [0.25, 0.3) is 0 Å². The van der Waals surface area contributed by atoms with Crippen molar-refractivity contribution in [3.63, 3.8) is 0 Å². The van der Waals surface area contributed by atoms with E-state index in [0.717, 1.165) is 0 Å². The monoisotopic (exact) mass is 211 g/mol. The number of methoxy groups -OCH3 is 1. The van der Waals surface area contributed by atoms with Crippen LogP contribution in [0.3, 0.4) is 0 Å². The minimum Gasteiger partial charge on any atom is -0.465 e. The Labute approximate surface area is 88.5 Å². The van der Waals surface area contributed by atoms with Crippen molar-refractivity contribution in [1.82, 2.24) is 4.90 Å². The van der Waals surface area contributed by atoms with Gasteiger partial charge in [-0.05, 0) is 20.2 Å².